The van der Waals surface area contributed by atoms with E-state index in [2.05, 4.69) is 10.3 Å². The lowest BCUT2D eigenvalue weighted by Crippen LogP contribution is -2.27. The zero-order valence-electron chi connectivity index (χ0n) is 11.3. The molecular formula is C13H12ClN3O4S. The average Bonchev–Trinajstić information content (AvgIpc) is 3.12. The number of hydrogen-bond acceptors (Lipinski definition) is 5. The molecule has 22 heavy (non-hydrogen) atoms. The molecule has 116 valence electrons. The number of non-ortho nitro benzene ring substituents is 1. The lowest BCUT2D eigenvalue weighted by atomic mass is 10.0. The number of rotatable bonds is 2. The third-order valence-corrected chi connectivity index (χ3v) is 5.16. The summed E-state index contributed by atoms with van der Waals surface area (Å²) in [6, 6.07) is 4.29. The molecule has 2 unspecified atom stereocenters. The molecule has 7 nitrogen and oxygen atoms in total. The first kappa shape index (κ1) is 15.1. The Labute approximate surface area is 134 Å². The predicted molar refractivity (Wildman–Crippen MR) is 83.6 cm³/mol. The number of aliphatic imine (C=N–C) groups is 1. The molecule has 0 bridgehead atoms. The standard InChI is InChI=1S/C13H12ClN3O4S/c14-10-2-1-8(17(20)21)5-9(10)13-6-7(13)3-4-22-11(16-13)15-12(18)19/h1-2,5,7H,3-4,6H2,(H,15,16)(H,18,19). The number of carbonyl (C=O) groups is 1. The van der Waals surface area contributed by atoms with E-state index in [1.54, 1.807) is 0 Å². The Balaban J connectivity index is 2.04. The van der Waals surface area contributed by atoms with Gasteiger partial charge in [0, 0.05) is 28.5 Å². The summed E-state index contributed by atoms with van der Waals surface area (Å²) in [6.45, 7) is 0. The van der Waals surface area contributed by atoms with Gasteiger partial charge in [-0.15, -0.1) is 0 Å². The molecule has 1 fully saturated rings. The number of nitro groups is 1. The Kier molecular flexibility index (Phi) is 3.73. The summed E-state index contributed by atoms with van der Waals surface area (Å²) >= 11 is 7.56. The average molecular weight is 342 g/mol. The van der Waals surface area contributed by atoms with E-state index in [4.69, 9.17) is 16.7 Å². The van der Waals surface area contributed by atoms with E-state index in [1.807, 2.05) is 0 Å². The summed E-state index contributed by atoms with van der Waals surface area (Å²) in [5, 5.41) is 22.9. The molecule has 2 aliphatic rings. The highest BCUT2D eigenvalue weighted by molar-refractivity contribution is 8.13. The van der Waals surface area contributed by atoms with Gasteiger partial charge in [-0.05, 0) is 24.8 Å². The maximum atomic E-state index is 11.0. The molecule has 1 heterocycles. The van der Waals surface area contributed by atoms with Crippen molar-refractivity contribution in [1.82, 2.24) is 5.32 Å². The summed E-state index contributed by atoms with van der Waals surface area (Å²) < 4.78 is 0. The molecule has 3 rings (SSSR count). The summed E-state index contributed by atoms with van der Waals surface area (Å²) in [5.41, 5.74) is -0.0930. The first-order valence-corrected chi connectivity index (χ1v) is 7.96. The van der Waals surface area contributed by atoms with Gasteiger partial charge in [0.05, 0.1) is 10.5 Å². The number of nitrogens with one attached hydrogen (secondary N) is 1. The molecule has 1 saturated carbocycles. The van der Waals surface area contributed by atoms with Gasteiger partial charge in [-0.2, -0.15) is 0 Å². The molecule has 0 aromatic heterocycles. The van der Waals surface area contributed by atoms with Gasteiger partial charge < -0.3 is 5.11 Å². The zero-order valence-corrected chi connectivity index (χ0v) is 12.9. The van der Waals surface area contributed by atoms with Crippen molar-refractivity contribution in [2.75, 3.05) is 5.75 Å². The van der Waals surface area contributed by atoms with Gasteiger partial charge >= 0.3 is 6.09 Å². The number of amidine groups is 1. The number of benzene rings is 1. The number of nitro benzene ring substituents is 1. The second-order valence-electron chi connectivity index (χ2n) is 5.23. The van der Waals surface area contributed by atoms with Crippen molar-refractivity contribution in [1.29, 1.82) is 0 Å². The highest BCUT2D eigenvalue weighted by Crippen LogP contribution is 2.60. The lowest BCUT2D eigenvalue weighted by Gasteiger charge is -2.15. The van der Waals surface area contributed by atoms with E-state index < -0.39 is 16.6 Å². The normalized spacial score (nSPS) is 26.4. The van der Waals surface area contributed by atoms with E-state index in [-0.39, 0.29) is 11.6 Å². The van der Waals surface area contributed by atoms with Gasteiger partial charge in [-0.3, -0.25) is 20.4 Å². The predicted octanol–water partition coefficient (Wildman–Crippen LogP) is 3.22. The first-order valence-electron chi connectivity index (χ1n) is 6.59. The van der Waals surface area contributed by atoms with Gasteiger partial charge in [-0.1, -0.05) is 23.4 Å². The van der Waals surface area contributed by atoms with Crippen LogP contribution in [0.3, 0.4) is 0 Å². The Bertz CT molecular complexity index is 696. The number of hydrogen-bond donors (Lipinski definition) is 2. The van der Waals surface area contributed by atoms with Crippen LogP contribution in [0.4, 0.5) is 10.5 Å². The number of carboxylic acid groups (broad SMARTS) is 1. The minimum absolute atomic E-state index is 0.0423. The molecule has 0 spiro atoms. The number of halogens is 1. The van der Waals surface area contributed by atoms with Crippen molar-refractivity contribution in [3.05, 3.63) is 38.9 Å². The Morgan fingerprint density at radius 3 is 3.05 bits per heavy atom. The second kappa shape index (κ2) is 5.44. The molecule has 0 saturated heterocycles. The SMILES string of the molecule is O=C(O)NC1=NC2(c3cc([N+](=O)[O-])ccc3Cl)CC2CCS1. The maximum Gasteiger partial charge on any atom is 0.410 e. The molecule has 1 aromatic carbocycles. The van der Waals surface area contributed by atoms with Crippen molar-refractivity contribution in [2.45, 2.75) is 18.4 Å². The van der Waals surface area contributed by atoms with Crippen molar-refractivity contribution in [3.8, 4) is 0 Å². The quantitative estimate of drug-likeness (QED) is 0.634. The van der Waals surface area contributed by atoms with E-state index in [1.165, 1.54) is 30.0 Å². The van der Waals surface area contributed by atoms with Crippen LogP contribution in [-0.4, -0.2) is 27.0 Å². The zero-order chi connectivity index (χ0) is 15.9. The van der Waals surface area contributed by atoms with E-state index in [0.717, 1.165) is 18.6 Å². The molecule has 1 amide bonds. The largest absolute Gasteiger partial charge is 0.465 e. The third-order valence-electron chi connectivity index (χ3n) is 3.92. The smallest absolute Gasteiger partial charge is 0.410 e. The van der Waals surface area contributed by atoms with Crippen LogP contribution in [0.2, 0.25) is 5.02 Å². The number of amides is 1. The summed E-state index contributed by atoms with van der Waals surface area (Å²) in [7, 11) is 0. The first-order chi connectivity index (χ1) is 10.4. The molecule has 2 atom stereocenters. The fourth-order valence-electron chi connectivity index (χ4n) is 2.81. The van der Waals surface area contributed by atoms with Crippen molar-refractivity contribution < 1.29 is 14.8 Å². The summed E-state index contributed by atoms with van der Waals surface area (Å²) in [6.07, 6.45) is 0.405. The van der Waals surface area contributed by atoms with Gasteiger partial charge in [0.25, 0.3) is 5.69 Å². The van der Waals surface area contributed by atoms with Crippen LogP contribution in [0.15, 0.2) is 23.2 Å². The molecule has 1 aromatic rings. The van der Waals surface area contributed by atoms with E-state index in [0.29, 0.717) is 15.8 Å². The third kappa shape index (κ3) is 2.64. The minimum atomic E-state index is -1.18. The Morgan fingerprint density at radius 2 is 2.36 bits per heavy atom. The molecule has 0 radical (unpaired) electrons. The monoisotopic (exact) mass is 341 g/mol. The van der Waals surface area contributed by atoms with Crippen LogP contribution in [0.5, 0.6) is 0 Å². The van der Waals surface area contributed by atoms with E-state index >= 15 is 0 Å². The van der Waals surface area contributed by atoms with E-state index in [9.17, 15) is 14.9 Å². The Hall–Kier alpha value is -1.80. The minimum Gasteiger partial charge on any atom is -0.465 e. The van der Waals surface area contributed by atoms with Crippen LogP contribution < -0.4 is 5.32 Å². The number of nitrogens with zero attached hydrogens (tertiary/aromatic N) is 2. The highest BCUT2D eigenvalue weighted by Gasteiger charge is 2.57. The van der Waals surface area contributed by atoms with Crippen molar-refractivity contribution in [3.63, 3.8) is 0 Å². The number of thioether (sulfide) groups is 1. The Morgan fingerprint density at radius 1 is 1.59 bits per heavy atom. The van der Waals surface area contributed by atoms with Crippen LogP contribution in [0.25, 0.3) is 0 Å². The second-order valence-corrected chi connectivity index (χ2v) is 6.72. The van der Waals surface area contributed by atoms with Crippen LogP contribution in [0, 0.1) is 16.0 Å². The van der Waals surface area contributed by atoms with Crippen LogP contribution in [0.1, 0.15) is 18.4 Å². The van der Waals surface area contributed by atoms with Gasteiger partial charge in [0.1, 0.15) is 0 Å². The molecule has 2 N–H and O–H groups in total. The molecule has 9 heteroatoms. The molecular weight excluding hydrogens is 330 g/mol. The molecule has 1 aliphatic carbocycles. The van der Waals surface area contributed by atoms with Gasteiger partial charge in [-0.25, -0.2) is 4.79 Å². The maximum absolute atomic E-state index is 11.0. The summed E-state index contributed by atoms with van der Waals surface area (Å²) in [4.78, 5) is 25.9. The van der Waals surface area contributed by atoms with Gasteiger partial charge in [0.15, 0.2) is 5.17 Å². The van der Waals surface area contributed by atoms with Gasteiger partial charge in [0.2, 0.25) is 0 Å². The fourth-order valence-corrected chi connectivity index (χ4v) is 4.07. The summed E-state index contributed by atoms with van der Waals surface area (Å²) in [5.74, 6) is 0.977. The van der Waals surface area contributed by atoms with Crippen molar-refractivity contribution in [2.24, 2.45) is 10.9 Å². The van der Waals surface area contributed by atoms with Crippen LogP contribution in [-0.2, 0) is 5.54 Å². The number of fused-ring (bicyclic) bond motifs is 1. The topological polar surface area (TPSA) is 105 Å². The highest BCUT2D eigenvalue weighted by atomic mass is 35.5. The molecule has 1 aliphatic heterocycles. The lowest BCUT2D eigenvalue weighted by molar-refractivity contribution is -0.384. The van der Waals surface area contributed by atoms with Crippen molar-refractivity contribution >= 4 is 40.3 Å². The van der Waals surface area contributed by atoms with Crippen LogP contribution >= 0.6 is 23.4 Å². The fraction of sp³-hybridized carbons (Fsp3) is 0.385.